The molecule has 0 N–H and O–H groups in total. The summed E-state index contributed by atoms with van der Waals surface area (Å²) in [7, 11) is 0. The van der Waals surface area contributed by atoms with Crippen molar-refractivity contribution in [1.82, 2.24) is 0 Å². The molecule has 0 amide bonds. The second kappa shape index (κ2) is 16.5. The number of hydrogen-bond donors (Lipinski definition) is 0. The number of rotatable bonds is 0. The van der Waals surface area contributed by atoms with E-state index < -0.39 is 0 Å². The van der Waals surface area contributed by atoms with E-state index in [2.05, 4.69) is 0 Å². The Bertz CT molecular complexity index is 8.00. The first kappa shape index (κ1) is 27.5. The van der Waals surface area contributed by atoms with Crippen molar-refractivity contribution in [3.05, 3.63) is 0 Å². The van der Waals surface area contributed by atoms with Crippen LogP contribution in [0.4, 0.5) is 0 Å². The maximum absolute atomic E-state index is 0. The van der Waals surface area contributed by atoms with E-state index in [1.165, 1.54) is 0 Å². The van der Waals surface area contributed by atoms with E-state index >= 15 is 0 Å². The molecule has 0 aromatic rings. The summed E-state index contributed by atoms with van der Waals surface area (Å²) in [5.74, 6) is 0. The molecule has 20 valence electrons. The fourth-order valence-electron chi connectivity index (χ4n) is 0. The second-order valence-corrected chi connectivity index (χ2v) is 0. The Balaban J connectivity index is 0. The van der Waals surface area contributed by atoms with Crippen LogP contribution in [-0.2, 0) is 26.2 Å². The minimum Gasteiger partial charge on any atom is 0 e. The molecule has 0 fully saturated rings. The van der Waals surface area contributed by atoms with Gasteiger partial charge in [0.05, 0.1) is 0 Å². The molecule has 0 bridgehead atoms. The molecule has 0 atom stereocenters. The molecule has 0 aromatic heterocycles. The fourth-order valence-corrected chi connectivity index (χ4v) is 0. The van der Waals surface area contributed by atoms with Crippen molar-refractivity contribution in [1.29, 1.82) is 0 Å². The van der Waals surface area contributed by atoms with Gasteiger partial charge in [-0.15, -0.1) is 0 Å². The zero-order valence-electron chi connectivity index (χ0n) is 1.21. The van der Waals surface area contributed by atoms with Crippen LogP contribution in [0.15, 0.2) is 0 Å². The van der Waals surface area contributed by atoms with Gasteiger partial charge in [0.1, 0.15) is 0 Å². The van der Waals surface area contributed by atoms with E-state index in [4.69, 9.17) is 0 Å². The maximum atomic E-state index is 0. The van der Waals surface area contributed by atoms with Gasteiger partial charge in [-0.2, -0.15) is 0 Å². The van der Waals surface area contributed by atoms with Crippen molar-refractivity contribution < 1.29 is 26.2 Å². The summed E-state index contributed by atoms with van der Waals surface area (Å²) in [6.45, 7) is 0. The largest absolute Gasteiger partial charge is 0 e. The molecule has 0 aromatic carbocycles. The number of hydrogen-bond acceptors (Lipinski definition) is 0. The van der Waals surface area contributed by atoms with Crippen LogP contribution in [0, 0.1) is 0 Å². The van der Waals surface area contributed by atoms with E-state index in [1.54, 1.807) is 0 Å². The third kappa shape index (κ3) is 8.92. The Morgan fingerprint density at radius 2 is 1.00 bits per heavy atom. The van der Waals surface area contributed by atoms with Crippen molar-refractivity contribution in [2.24, 2.45) is 0 Å². The van der Waals surface area contributed by atoms with Gasteiger partial charge in [-0.25, -0.2) is 0 Å². The summed E-state index contributed by atoms with van der Waals surface area (Å²) >= 11 is 0. The van der Waals surface area contributed by atoms with Gasteiger partial charge in [0.15, 0.2) is 17.4 Å². The normalized spacial score (nSPS) is 0. The van der Waals surface area contributed by atoms with Gasteiger partial charge < -0.3 is 0 Å². The third-order valence-electron chi connectivity index (χ3n) is 0. The van der Waals surface area contributed by atoms with Crippen LogP contribution in [0.3, 0.4) is 0 Å². The molecular weight excluding hydrogens is 350 g/mol. The van der Waals surface area contributed by atoms with Gasteiger partial charge in [0.2, 0.25) is 0 Å². The van der Waals surface area contributed by atoms with Crippen LogP contribution in [-0.4, -0.2) is 67.7 Å². The van der Waals surface area contributed by atoms with E-state index in [9.17, 15) is 0 Å². The molecule has 2 radical (unpaired) electrons. The van der Waals surface area contributed by atoms with E-state index in [1.807, 2.05) is 0 Å². The van der Waals surface area contributed by atoms with E-state index in [0.29, 0.717) is 0 Å². The van der Waals surface area contributed by atoms with Crippen molar-refractivity contribution in [3.8, 4) is 0 Å². The third-order valence-corrected chi connectivity index (χ3v) is 0. The summed E-state index contributed by atoms with van der Waals surface area (Å²) in [4.78, 5) is 0. The smallest absolute Gasteiger partial charge is 0 e. The minimum absolute atomic E-state index is 0. The molecule has 0 unspecified atom stereocenters. The van der Waals surface area contributed by atoms with Crippen LogP contribution in [0.2, 0.25) is 0 Å². The van der Waals surface area contributed by atoms with Crippen LogP contribution < -0.4 is 0 Å². The molecule has 0 saturated carbocycles. The molecule has 0 rings (SSSR count). The summed E-state index contributed by atoms with van der Waals surface area (Å²) in [6.07, 6.45) is 0. The average Bonchev–Trinajstić information content (AvgIpc) is 0. The van der Waals surface area contributed by atoms with Crippen LogP contribution in [0.1, 0.15) is 0 Å². The van der Waals surface area contributed by atoms with Crippen molar-refractivity contribution in [2.45, 2.75) is 0 Å². The van der Waals surface area contributed by atoms with Crippen LogP contribution >= 0.6 is 0 Å². The van der Waals surface area contributed by atoms with E-state index in [-0.39, 0.29) is 93.9 Å². The summed E-state index contributed by atoms with van der Waals surface area (Å²) in [5.41, 5.74) is 0. The Hall–Kier alpha value is 3.10. The maximum Gasteiger partial charge on any atom is 0 e. The Morgan fingerprint density at radius 3 is 1.00 bits per heavy atom. The average molecular weight is 357 g/mol. The molecule has 0 spiro atoms. The molecule has 4 heavy (non-hydrogen) atoms. The second-order valence-electron chi connectivity index (χ2n) is 0. The molecule has 0 heterocycles. The van der Waals surface area contributed by atoms with Gasteiger partial charge in [0.25, 0.3) is 0 Å². The van der Waals surface area contributed by atoms with Crippen molar-refractivity contribution in [3.63, 3.8) is 0 Å². The first-order chi connectivity index (χ1) is 0. The Kier molecular flexibility index (Phi) is 113. The van der Waals surface area contributed by atoms with Gasteiger partial charge in [-0.3, -0.25) is 0 Å². The summed E-state index contributed by atoms with van der Waals surface area (Å²) < 4.78 is 0. The standard InChI is InChI=1S/Al.Mg.Pb.Zr.7H. The monoisotopic (exact) mass is 356 g/mol. The Labute approximate surface area is 92.0 Å². The molecule has 0 nitrogen and oxygen atoms in total. The molecule has 0 aliphatic rings. The summed E-state index contributed by atoms with van der Waals surface area (Å²) in [5, 5.41) is 0. The van der Waals surface area contributed by atoms with Gasteiger partial charge in [0, 0.05) is 26.2 Å². The molecule has 0 aliphatic heterocycles. The first-order valence-electron chi connectivity index (χ1n) is 0. The molecule has 0 aliphatic carbocycles. The zero-order chi connectivity index (χ0) is 0. The van der Waals surface area contributed by atoms with Crippen LogP contribution in [0.25, 0.3) is 0 Å². The van der Waals surface area contributed by atoms with Crippen molar-refractivity contribution >= 4 is 67.7 Å². The predicted molar refractivity (Wildman–Crippen MR) is 27.0 cm³/mol. The molecule has 4 heteroatoms. The molecular formula is H7AlMgPbZr. The SMILES string of the molecule is [AlH3].[MgH2].[PbH2].[Zr]. The molecule has 0 saturated heterocycles. The minimum atomic E-state index is 0. The Morgan fingerprint density at radius 1 is 1.00 bits per heavy atom. The fraction of sp³-hybridized carbons (Fsp3) is 0. The van der Waals surface area contributed by atoms with Crippen molar-refractivity contribution in [2.75, 3.05) is 0 Å². The predicted octanol–water partition coefficient (Wildman–Crippen LogP) is -3.02. The van der Waals surface area contributed by atoms with E-state index in [0.717, 1.165) is 0 Å². The van der Waals surface area contributed by atoms with Crippen LogP contribution in [0.5, 0.6) is 0 Å². The topological polar surface area (TPSA) is 0 Å². The zero-order valence-corrected chi connectivity index (χ0v) is 9.16. The van der Waals surface area contributed by atoms with Gasteiger partial charge in [-0.1, -0.05) is 0 Å². The first-order valence-corrected chi connectivity index (χ1v) is 0. The quantitative estimate of drug-likeness (QED) is 0.406. The summed E-state index contributed by atoms with van der Waals surface area (Å²) in [6, 6.07) is 0. The van der Waals surface area contributed by atoms with Gasteiger partial charge in [-0.05, 0) is 0 Å². The van der Waals surface area contributed by atoms with Gasteiger partial charge >= 0.3 is 50.4 Å².